The predicted molar refractivity (Wildman–Crippen MR) is 74.0 cm³/mol. The number of benzene rings is 1. The highest BCUT2D eigenvalue weighted by molar-refractivity contribution is 9.10. The van der Waals surface area contributed by atoms with Gasteiger partial charge in [0.2, 0.25) is 0 Å². The highest BCUT2D eigenvalue weighted by atomic mass is 79.9. The van der Waals surface area contributed by atoms with E-state index in [0.29, 0.717) is 14.5 Å². The molecule has 92 valence electrons. The normalized spacial score (nSPS) is 10.2. The Hall–Kier alpha value is -1.27. The maximum atomic E-state index is 13.5. The van der Waals surface area contributed by atoms with Crippen molar-refractivity contribution in [1.82, 2.24) is 4.98 Å². The van der Waals surface area contributed by atoms with Gasteiger partial charge in [-0.15, -0.1) is 0 Å². The molecule has 0 aliphatic rings. The summed E-state index contributed by atoms with van der Waals surface area (Å²) in [6.45, 7) is 0. The number of carbonyl (C=O) groups excluding carboxylic acids is 1. The third kappa shape index (κ3) is 3.14. The van der Waals surface area contributed by atoms with Crippen LogP contribution < -0.4 is 5.32 Å². The van der Waals surface area contributed by atoms with Gasteiger partial charge in [0.15, 0.2) is 0 Å². The SMILES string of the molecule is O=C(Nc1cc(Br)ccc1F)c1cncc(Br)c1. The van der Waals surface area contributed by atoms with Crippen molar-refractivity contribution in [1.29, 1.82) is 0 Å². The zero-order valence-electron chi connectivity index (χ0n) is 8.95. The third-order valence-corrected chi connectivity index (χ3v) is 3.07. The summed E-state index contributed by atoms with van der Waals surface area (Å²) in [5.74, 6) is -0.907. The molecule has 6 heteroatoms. The van der Waals surface area contributed by atoms with Crippen molar-refractivity contribution in [3.63, 3.8) is 0 Å². The number of amides is 1. The first-order chi connectivity index (χ1) is 8.56. The molecule has 2 rings (SSSR count). The van der Waals surface area contributed by atoms with E-state index in [9.17, 15) is 9.18 Å². The summed E-state index contributed by atoms with van der Waals surface area (Å²) in [6.07, 6.45) is 2.98. The van der Waals surface area contributed by atoms with Crippen LogP contribution in [0.1, 0.15) is 10.4 Å². The Balaban J connectivity index is 2.24. The van der Waals surface area contributed by atoms with Crippen LogP contribution >= 0.6 is 31.9 Å². The number of nitrogens with zero attached hydrogens (tertiary/aromatic N) is 1. The van der Waals surface area contributed by atoms with Gasteiger partial charge in [0, 0.05) is 21.3 Å². The van der Waals surface area contributed by atoms with E-state index in [0.717, 1.165) is 0 Å². The van der Waals surface area contributed by atoms with Crippen LogP contribution in [0, 0.1) is 5.82 Å². The van der Waals surface area contributed by atoms with Crippen molar-refractivity contribution >= 4 is 43.5 Å². The van der Waals surface area contributed by atoms with Gasteiger partial charge >= 0.3 is 0 Å². The lowest BCUT2D eigenvalue weighted by Gasteiger charge is -2.06. The minimum Gasteiger partial charge on any atom is -0.319 e. The Bertz CT molecular complexity index is 604. The van der Waals surface area contributed by atoms with Crippen LogP contribution in [0.2, 0.25) is 0 Å². The number of aromatic nitrogens is 1. The largest absolute Gasteiger partial charge is 0.319 e. The molecule has 1 N–H and O–H groups in total. The molecule has 0 radical (unpaired) electrons. The summed E-state index contributed by atoms with van der Waals surface area (Å²) in [6, 6.07) is 5.95. The first-order valence-corrected chi connectivity index (χ1v) is 6.52. The summed E-state index contributed by atoms with van der Waals surface area (Å²) in [5, 5.41) is 2.49. The van der Waals surface area contributed by atoms with Gasteiger partial charge in [-0.2, -0.15) is 0 Å². The maximum absolute atomic E-state index is 13.5. The van der Waals surface area contributed by atoms with E-state index in [4.69, 9.17) is 0 Å². The summed E-state index contributed by atoms with van der Waals surface area (Å²) in [7, 11) is 0. The first kappa shape index (κ1) is 13.2. The van der Waals surface area contributed by atoms with Gasteiger partial charge in [-0.25, -0.2) is 4.39 Å². The molecule has 1 amide bonds. The highest BCUT2D eigenvalue weighted by Crippen LogP contribution is 2.21. The van der Waals surface area contributed by atoms with Crippen molar-refractivity contribution in [3.8, 4) is 0 Å². The van der Waals surface area contributed by atoms with Gasteiger partial charge in [-0.05, 0) is 40.2 Å². The van der Waals surface area contributed by atoms with Crippen LogP contribution in [0.3, 0.4) is 0 Å². The Morgan fingerprint density at radius 2 is 1.94 bits per heavy atom. The minimum atomic E-state index is -0.491. The molecule has 0 saturated carbocycles. The molecule has 0 atom stereocenters. The lowest BCUT2D eigenvalue weighted by Crippen LogP contribution is -2.13. The standard InChI is InChI=1S/C12H7Br2FN2O/c13-8-1-2-10(15)11(4-8)17-12(18)7-3-9(14)6-16-5-7/h1-6H,(H,17,18). The van der Waals surface area contributed by atoms with E-state index in [1.165, 1.54) is 18.3 Å². The molecule has 1 aromatic heterocycles. The van der Waals surface area contributed by atoms with Crippen molar-refractivity contribution < 1.29 is 9.18 Å². The summed E-state index contributed by atoms with van der Waals surface area (Å²) in [4.78, 5) is 15.8. The van der Waals surface area contributed by atoms with Crippen molar-refractivity contribution in [2.75, 3.05) is 5.32 Å². The molecule has 0 spiro atoms. The fourth-order valence-electron chi connectivity index (χ4n) is 1.32. The molecular weight excluding hydrogens is 367 g/mol. The number of anilines is 1. The van der Waals surface area contributed by atoms with Gasteiger partial charge in [-0.1, -0.05) is 15.9 Å². The van der Waals surface area contributed by atoms with Gasteiger partial charge in [0.25, 0.3) is 5.91 Å². The van der Waals surface area contributed by atoms with Crippen molar-refractivity contribution in [2.24, 2.45) is 0 Å². The fourth-order valence-corrected chi connectivity index (χ4v) is 2.05. The van der Waals surface area contributed by atoms with Crippen LogP contribution in [0.4, 0.5) is 10.1 Å². The smallest absolute Gasteiger partial charge is 0.257 e. The molecule has 2 aromatic rings. The van der Waals surface area contributed by atoms with Gasteiger partial charge in [-0.3, -0.25) is 9.78 Å². The molecule has 1 heterocycles. The monoisotopic (exact) mass is 372 g/mol. The molecule has 0 bridgehead atoms. The molecule has 0 unspecified atom stereocenters. The number of rotatable bonds is 2. The summed E-state index contributed by atoms with van der Waals surface area (Å²) < 4.78 is 14.8. The average molecular weight is 374 g/mol. The second kappa shape index (κ2) is 5.58. The highest BCUT2D eigenvalue weighted by Gasteiger charge is 2.10. The molecule has 0 aliphatic carbocycles. The van der Waals surface area contributed by atoms with Gasteiger partial charge in [0.05, 0.1) is 11.3 Å². The lowest BCUT2D eigenvalue weighted by molar-refractivity contribution is 0.102. The van der Waals surface area contributed by atoms with E-state index in [2.05, 4.69) is 42.2 Å². The Morgan fingerprint density at radius 3 is 2.67 bits per heavy atom. The predicted octanol–water partition coefficient (Wildman–Crippen LogP) is 4.00. The lowest BCUT2D eigenvalue weighted by atomic mass is 10.2. The van der Waals surface area contributed by atoms with E-state index < -0.39 is 11.7 Å². The van der Waals surface area contributed by atoms with Crippen LogP contribution in [0.25, 0.3) is 0 Å². The zero-order chi connectivity index (χ0) is 13.1. The second-order valence-electron chi connectivity index (χ2n) is 3.47. The Morgan fingerprint density at radius 1 is 1.17 bits per heavy atom. The van der Waals surface area contributed by atoms with Gasteiger partial charge in [0.1, 0.15) is 5.82 Å². The number of halogens is 3. The van der Waals surface area contributed by atoms with Crippen LogP contribution in [-0.2, 0) is 0 Å². The Labute approximate surface area is 120 Å². The van der Waals surface area contributed by atoms with E-state index in [-0.39, 0.29) is 5.69 Å². The van der Waals surface area contributed by atoms with Crippen LogP contribution in [0.15, 0.2) is 45.6 Å². The summed E-state index contributed by atoms with van der Waals surface area (Å²) in [5.41, 5.74) is 0.470. The molecular formula is C12H7Br2FN2O. The Kier molecular flexibility index (Phi) is 4.08. The third-order valence-electron chi connectivity index (χ3n) is 2.14. The van der Waals surface area contributed by atoms with E-state index in [1.54, 1.807) is 18.3 Å². The molecule has 0 fully saturated rings. The quantitative estimate of drug-likeness (QED) is 0.864. The molecule has 18 heavy (non-hydrogen) atoms. The number of hydrogen-bond donors (Lipinski definition) is 1. The summed E-state index contributed by atoms with van der Waals surface area (Å²) >= 11 is 6.43. The van der Waals surface area contributed by atoms with Gasteiger partial charge < -0.3 is 5.32 Å². The van der Waals surface area contributed by atoms with Crippen molar-refractivity contribution in [3.05, 3.63) is 57.0 Å². The number of carbonyl (C=O) groups is 1. The van der Waals surface area contributed by atoms with E-state index in [1.807, 2.05) is 0 Å². The van der Waals surface area contributed by atoms with Crippen LogP contribution in [-0.4, -0.2) is 10.9 Å². The number of hydrogen-bond acceptors (Lipinski definition) is 2. The molecule has 0 aliphatic heterocycles. The first-order valence-electron chi connectivity index (χ1n) is 4.93. The minimum absolute atomic E-state index is 0.120. The average Bonchev–Trinajstić information content (AvgIpc) is 2.34. The number of pyridine rings is 1. The topological polar surface area (TPSA) is 42.0 Å². The zero-order valence-corrected chi connectivity index (χ0v) is 12.1. The maximum Gasteiger partial charge on any atom is 0.257 e. The molecule has 3 nitrogen and oxygen atoms in total. The second-order valence-corrected chi connectivity index (χ2v) is 5.30. The van der Waals surface area contributed by atoms with Crippen LogP contribution in [0.5, 0.6) is 0 Å². The fraction of sp³-hybridized carbons (Fsp3) is 0. The molecule has 0 saturated heterocycles. The molecule has 1 aromatic carbocycles. The van der Waals surface area contributed by atoms with Crippen molar-refractivity contribution in [2.45, 2.75) is 0 Å². The number of nitrogens with one attached hydrogen (secondary N) is 1. The van der Waals surface area contributed by atoms with E-state index >= 15 is 0 Å².